The molecule has 0 saturated carbocycles. The third-order valence-electron chi connectivity index (χ3n) is 3.01. The first-order valence-corrected chi connectivity index (χ1v) is 6.05. The van der Waals surface area contributed by atoms with E-state index in [1.807, 2.05) is 30.1 Å². The minimum Gasteiger partial charge on any atom is -0.323 e. The Morgan fingerprint density at radius 2 is 2.12 bits per heavy atom. The van der Waals surface area contributed by atoms with Gasteiger partial charge in [-0.1, -0.05) is 25.1 Å². The predicted octanol–water partition coefficient (Wildman–Crippen LogP) is 1.67. The van der Waals surface area contributed by atoms with Crippen LogP contribution in [0.2, 0.25) is 0 Å². The summed E-state index contributed by atoms with van der Waals surface area (Å²) in [6, 6.07) is 8.19. The standard InChI is InChI=1S/C13H19N3O/c1-3-14-8-9-16-12-7-5-4-6-11(12)10-15(2)13(16)17/h4-7,14H,3,8-10H2,1-2H3. The zero-order valence-electron chi connectivity index (χ0n) is 10.4. The number of nitrogens with zero attached hydrogens (tertiary/aromatic N) is 2. The molecule has 1 aromatic carbocycles. The van der Waals surface area contributed by atoms with Gasteiger partial charge in [-0.25, -0.2) is 4.79 Å². The van der Waals surface area contributed by atoms with Gasteiger partial charge in [0.2, 0.25) is 0 Å². The average Bonchev–Trinajstić information content (AvgIpc) is 2.34. The van der Waals surface area contributed by atoms with Crippen molar-refractivity contribution in [1.29, 1.82) is 0 Å². The fourth-order valence-corrected chi connectivity index (χ4v) is 2.12. The van der Waals surface area contributed by atoms with Crippen LogP contribution < -0.4 is 10.2 Å². The van der Waals surface area contributed by atoms with Gasteiger partial charge < -0.3 is 10.2 Å². The summed E-state index contributed by atoms with van der Waals surface area (Å²) in [6.45, 7) is 5.24. The van der Waals surface area contributed by atoms with Crippen LogP contribution >= 0.6 is 0 Å². The Labute approximate surface area is 102 Å². The van der Waals surface area contributed by atoms with E-state index in [1.54, 1.807) is 4.90 Å². The molecule has 0 unspecified atom stereocenters. The number of para-hydroxylation sites is 1. The number of anilines is 1. The summed E-state index contributed by atoms with van der Waals surface area (Å²) in [7, 11) is 1.85. The Balaban J connectivity index is 2.20. The number of nitrogens with one attached hydrogen (secondary N) is 1. The molecule has 1 aromatic rings. The van der Waals surface area contributed by atoms with Gasteiger partial charge >= 0.3 is 6.03 Å². The number of amides is 2. The first-order valence-electron chi connectivity index (χ1n) is 6.05. The van der Waals surface area contributed by atoms with E-state index in [0.717, 1.165) is 18.8 Å². The summed E-state index contributed by atoms with van der Waals surface area (Å²) in [5, 5.41) is 3.25. The summed E-state index contributed by atoms with van der Waals surface area (Å²) >= 11 is 0. The Morgan fingerprint density at radius 3 is 2.88 bits per heavy atom. The molecule has 0 radical (unpaired) electrons. The van der Waals surface area contributed by atoms with Crippen LogP contribution in [0.1, 0.15) is 12.5 Å². The highest BCUT2D eigenvalue weighted by Gasteiger charge is 2.26. The fourth-order valence-electron chi connectivity index (χ4n) is 2.12. The smallest absolute Gasteiger partial charge is 0.323 e. The Hall–Kier alpha value is -1.55. The molecule has 0 fully saturated rings. The molecule has 1 aliphatic rings. The zero-order valence-corrected chi connectivity index (χ0v) is 10.4. The Morgan fingerprint density at radius 1 is 1.35 bits per heavy atom. The third-order valence-corrected chi connectivity index (χ3v) is 3.01. The van der Waals surface area contributed by atoms with E-state index in [4.69, 9.17) is 0 Å². The Bertz CT molecular complexity index is 405. The number of likely N-dealkylation sites (N-methyl/N-ethyl adjacent to an activating group) is 1. The third kappa shape index (κ3) is 2.42. The van der Waals surface area contributed by atoms with E-state index in [-0.39, 0.29) is 6.03 Å². The van der Waals surface area contributed by atoms with Crippen molar-refractivity contribution >= 4 is 11.7 Å². The molecule has 92 valence electrons. The highest BCUT2D eigenvalue weighted by molar-refractivity contribution is 5.94. The van der Waals surface area contributed by atoms with Crippen LogP contribution in [0.5, 0.6) is 0 Å². The normalized spacial score (nSPS) is 15.1. The number of carbonyl (C=O) groups is 1. The topological polar surface area (TPSA) is 35.6 Å². The molecule has 0 bridgehead atoms. The van der Waals surface area contributed by atoms with Crippen LogP contribution in [0.25, 0.3) is 0 Å². The van der Waals surface area contributed by atoms with Gasteiger partial charge in [-0.05, 0) is 18.2 Å². The lowest BCUT2D eigenvalue weighted by Gasteiger charge is -2.35. The van der Waals surface area contributed by atoms with E-state index in [2.05, 4.69) is 18.3 Å². The van der Waals surface area contributed by atoms with Crippen LogP contribution in [-0.2, 0) is 6.54 Å². The molecule has 1 aliphatic heterocycles. The molecule has 0 spiro atoms. The van der Waals surface area contributed by atoms with E-state index >= 15 is 0 Å². The second kappa shape index (κ2) is 5.19. The van der Waals surface area contributed by atoms with Crippen molar-refractivity contribution in [3.05, 3.63) is 29.8 Å². The summed E-state index contributed by atoms with van der Waals surface area (Å²) in [5.74, 6) is 0. The van der Waals surface area contributed by atoms with Crippen molar-refractivity contribution in [1.82, 2.24) is 10.2 Å². The van der Waals surface area contributed by atoms with Crippen LogP contribution in [-0.4, -0.2) is 37.6 Å². The lowest BCUT2D eigenvalue weighted by molar-refractivity contribution is 0.210. The fraction of sp³-hybridized carbons (Fsp3) is 0.462. The lowest BCUT2D eigenvalue weighted by Crippen LogP contribution is -2.47. The molecule has 4 heteroatoms. The van der Waals surface area contributed by atoms with E-state index in [1.165, 1.54) is 5.56 Å². The van der Waals surface area contributed by atoms with Crippen LogP contribution in [0.4, 0.5) is 10.5 Å². The van der Waals surface area contributed by atoms with Gasteiger partial charge in [-0.2, -0.15) is 0 Å². The highest BCUT2D eigenvalue weighted by Crippen LogP contribution is 2.26. The summed E-state index contributed by atoms with van der Waals surface area (Å²) in [5.41, 5.74) is 2.26. The van der Waals surface area contributed by atoms with Gasteiger partial charge in [0.05, 0.1) is 5.69 Å². The van der Waals surface area contributed by atoms with Crippen molar-refractivity contribution in [3.8, 4) is 0 Å². The van der Waals surface area contributed by atoms with Crippen molar-refractivity contribution in [2.45, 2.75) is 13.5 Å². The van der Waals surface area contributed by atoms with Crippen molar-refractivity contribution in [2.75, 3.05) is 31.6 Å². The van der Waals surface area contributed by atoms with Gasteiger partial charge in [-0.15, -0.1) is 0 Å². The van der Waals surface area contributed by atoms with Crippen molar-refractivity contribution < 1.29 is 4.79 Å². The minimum absolute atomic E-state index is 0.0848. The first-order chi connectivity index (χ1) is 8.24. The monoisotopic (exact) mass is 233 g/mol. The number of benzene rings is 1. The highest BCUT2D eigenvalue weighted by atomic mass is 16.2. The number of hydrogen-bond acceptors (Lipinski definition) is 2. The van der Waals surface area contributed by atoms with E-state index in [9.17, 15) is 4.79 Å². The average molecular weight is 233 g/mol. The number of hydrogen-bond donors (Lipinski definition) is 1. The maximum absolute atomic E-state index is 12.1. The zero-order chi connectivity index (χ0) is 12.3. The molecule has 2 amide bonds. The van der Waals surface area contributed by atoms with E-state index in [0.29, 0.717) is 13.1 Å². The largest absolute Gasteiger partial charge is 0.324 e. The summed E-state index contributed by atoms with van der Waals surface area (Å²) < 4.78 is 0. The van der Waals surface area contributed by atoms with Crippen LogP contribution in [0.15, 0.2) is 24.3 Å². The molecule has 4 nitrogen and oxygen atoms in total. The summed E-state index contributed by atoms with van der Waals surface area (Å²) in [4.78, 5) is 15.7. The number of fused-ring (bicyclic) bond motifs is 1. The minimum atomic E-state index is 0.0848. The maximum Gasteiger partial charge on any atom is 0.324 e. The van der Waals surface area contributed by atoms with Crippen LogP contribution in [0.3, 0.4) is 0 Å². The van der Waals surface area contributed by atoms with Gasteiger partial charge in [0.1, 0.15) is 0 Å². The number of rotatable bonds is 4. The van der Waals surface area contributed by atoms with Gasteiger partial charge in [0.25, 0.3) is 0 Å². The number of urea groups is 1. The Kier molecular flexibility index (Phi) is 3.64. The molecule has 0 aliphatic carbocycles. The maximum atomic E-state index is 12.1. The van der Waals surface area contributed by atoms with Gasteiger partial charge in [-0.3, -0.25) is 4.90 Å². The van der Waals surface area contributed by atoms with Crippen LogP contribution in [0, 0.1) is 0 Å². The molecule has 1 heterocycles. The molecule has 0 aromatic heterocycles. The molecule has 1 N–H and O–H groups in total. The molecule has 0 saturated heterocycles. The lowest BCUT2D eigenvalue weighted by atomic mass is 10.1. The van der Waals surface area contributed by atoms with E-state index < -0.39 is 0 Å². The van der Waals surface area contributed by atoms with Gasteiger partial charge in [0.15, 0.2) is 0 Å². The second-order valence-corrected chi connectivity index (χ2v) is 4.27. The molecule has 17 heavy (non-hydrogen) atoms. The summed E-state index contributed by atoms with van der Waals surface area (Å²) in [6.07, 6.45) is 0. The quantitative estimate of drug-likeness (QED) is 0.803. The molecule has 0 atom stereocenters. The molecular weight excluding hydrogens is 214 g/mol. The predicted molar refractivity (Wildman–Crippen MR) is 69.2 cm³/mol. The SMILES string of the molecule is CCNCCN1C(=O)N(C)Cc2ccccc21. The second-order valence-electron chi connectivity index (χ2n) is 4.27. The van der Waals surface area contributed by atoms with Crippen molar-refractivity contribution in [2.24, 2.45) is 0 Å². The molecular formula is C13H19N3O. The van der Waals surface area contributed by atoms with Gasteiger partial charge in [0, 0.05) is 26.7 Å². The number of carbonyl (C=O) groups excluding carboxylic acids is 1. The van der Waals surface area contributed by atoms with Crippen molar-refractivity contribution in [3.63, 3.8) is 0 Å². The first kappa shape index (κ1) is 11.9. The molecule has 2 rings (SSSR count).